The predicted octanol–water partition coefficient (Wildman–Crippen LogP) is 1.73. The molecule has 6 nitrogen and oxygen atoms in total. The van der Waals surface area contributed by atoms with Crippen molar-refractivity contribution in [2.75, 3.05) is 20.4 Å². The van der Waals surface area contributed by atoms with Gasteiger partial charge in [-0.05, 0) is 29.8 Å². The average molecular weight is 310 g/mol. The van der Waals surface area contributed by atoms with Gasteiger partial charge in [-0.15, -0.1) is 0 Å². The fraction of sp³-hybridized carbons (Fsp3) is 0.235. The van der Waals surface area contributed by atoms with Crippen LogP contribution in [0, 0.1) is 0 Å². The highest BCUT2D eigenvalue weighted by atomic mass is 16.5. The van der Waals surface area contributed by atoms with E-state index in [1.54, 1.807) is 24.2 Å². The fourth-order valence-electron chi connectivity index (χ4n) is 2.39. The zero-order valence-electron chi connectivity index (χ0n) is 12.9. The molecule has 2 heterocycles. The highest BCUT2D eigenvalue weighted by Gasteiger charge is 2.07. The fourth-order valence-corrected chi connectivity index (χ4v) is 2.39. The number of carbonyl (C=O) groups is 1. The van der Waals surface area contributed by atoms with Crippen LogP contribution in [-0.4, -0.2) is 40.9 Å². The third-order valence-electron chi connectivity index (χ3n) is 3.45. The van der Waals surface area contributed by atoms with E-state index >= 15 is 0 Å². The summed E-state index contributed by atoms with van der Waals surface area (Å²) < 4.78 is 6.66. The van der Waals surface area contributed by atoms with Crippen molar-refractivity contribution in [2.45, 2.75) is 6.42 Å². The molecular weight excluding hydrogens is 292 g/mol. The van der Waals surface area contributed by atoms with Crippen LogP contribution in [0.25, 0.3) is 16.6 Å². The molecule has 0 bridgehead atoms. The molecule has 6 heteroatoms. The normalized spacial score (nSPS) is 11.0. The summed E-state index contributed by atoms with van der Waals surface area (Å²) >= 11 is 0. The number of nitrogens with zero attached hydrogens (tertiary/aromatic N) is 3. The number of rotatable bonds is 7. The van der Waals surface area contributed by atoms with E-state index < -0.39 is 0 Å². The Bertz CT molecular complexity index is 799. The van der Waals surface area contributed by atoms with E-state index in [1.165, 1.54) is 0 Å². The molecule has 2 aromatic heterocycles. The number of ketones is 1. The van der Waals surface area contributed by atoms with E-state index in [0.29, 0.717) is 19.7 Å². The van der Waals surface area contributed by atoms with Crippen LogP contribution in [-0.2, 0) is 16.0 Å². The molecule has 3 rings (SSSR count). The summed E-state index contributed by atoms with van der Waals surface area (Å²) in [4.78, 5) is 16.0. The first-order valence-electron chi connectivity index (χ1n) is 7.36. The molecule has 0 radical (unpaired) electrons. The van der Waals surface area contributed by atoms with Crippen LogP contribution in [0.1, 0.15) is 5.56 Å². The smallest absolute Gasteiger partial charge is 0.151 e. The second-order valence-corrected chi connectivity index (χ2v) is 5.25. The second-order valence-electron chi connectivity index (χ2n) is 5.25. The van der Waals surface area contributed by atoms with Crippen LogP contribution in [0.5, 0.6) is 0 Å². The van der Waals surface area contributed by atoms with Crippen LogP contribution < -0.4 is 5.32 Å². The van der Waals surface area contributed by atoms with Gasteiger partial charge in [0.1, 0.15) is 0 Å². The maximum absolute atomic E-state index is 11.9. The molecule has 0 fully saturated rings. The number of hydrogen-bond acceptors (Lipinski definition) is 5. The Labute approximate surface area is 134 Å². The minimum Gasteiger partial charge on any atom is -0.370 e. The van der Waals surface area contributed by atoms with E-state index in [1.807, 2.05) is 36.5 Å². The van der Waals surface area contributed by atoms with Crippen molar-refractivity contribution < 1.29 is 9.53 Å². The standard InChI is InChI=1S/C17H18N4O2/c1-23-12-19-10-16(22)8-13-4-5-17-14(7-13)11-21(20-17)15-3-2-6-18-9-15/h2-7,9,11,19H,8,10,12H2,1H3. The number of methoxy groups -OCH3 is 1. The highest BCUT2D eigenvalue weighted by Crippen LogP contribution is 2.17. The largest absolute Gasteiger partial charge is 0.370 e. The summed E-state index contributed by atoms with van der Waals surface area (Å²) in [7, 11) is 1.59. The third-order valence-corrected chi connectivity index (χ3v) is 3.45. The van der Waals surface area contributed by atoms with Crippen molar-refractivity contribution in [1.82, 2.24) is 20.1 Å². The van der Waals surface area contributed by atoms with E-state index in [4.69, 9.17) is 4.74 Å². The van der Waals surface area contributed by atoms with Crippen LogP contribution in [0.4, 0.5) is 0 Å². The Hall–Kier alpha value is -2.57. The molecule has 0 spiro atoms. The topological polar surface area (TPSA) is 69.0 Å². The van der Waals surface area contributed by atoms with Gasteiger partial charge >= 0.3 is 0 Å². The third kappa shape index (κ3) is 3.80. The first-order chi connectivity index (χ1) is 11.3. The molecule has 1 N–H and O–H groups in total. The molecule has 0 aliphatic carbocycles. The van der Waals surface area contributed by atoms with Gasteiger partial charge in [0.05, 0.1) is 30.7 Å². The highest BCUT2D eigenvalue weighted by molar-refractivity contribution is 5.85. The number of aromatic nitrogens is 3. The first-order valence-corrected chi connectivity index (χ1v) is 7.36. The summed E-state index contributed by atoms with van der Waals surface area (Å²) in [6, 6.07) is 9.71. The molecule has 0 amide bonds. The van der Waals surface area contributed by atoms with Gasteiger partial charge in [0, 0.05) is 31.3 Å². The predicted molar refractivity (Wildman–Crippen MR) is 87.5 cm³/mol. The van der Waals surface area contributed by atoms with Crippen molar-refractivity contribution in [1.29, 1.82) is 0 Å². The molecule has 0 atom stereocenters. The quantitative estimate of drug-likeness (QED) is 0.531. The lowest BCUT2D eigenvalue weighted by molar-refractivity contribution is -0.117. The molecule has 1 aromatic carbocycles. The summed E-state index contributed by atoms with van der Waals surface area (Å²) in [5, 5.41) is 8.45. The van der Waals surface area contributed by atoms with E-state index in [9.17, 15) is 4.79 Å². The van der Waals surface area contributed by atoms with Crippen molar-refractivity contribution in [3.05, 3.63) is 54.5 Å². The van der Waals surface area contributed by atoms with Crippen LogP contribution in [0.15, 0.2) is 48.9 Å². The first kappa shape index (κ1) is 15.3. The lowest BCUT2D eigenvalue weighted by Crippen LogP contribution is -2.25. The van der Waals surface area contributed by atoms with Crippen molar-refractivity contribution in [3.8, 4) is 5.69 Å². The number of Topliss-reactive ketones (excluding diaryl/α,β-unsaturated/α-hetero) is 1. The SMILES string of the molecule is COCNCC(=O)Cc1ccc2nn(-c3cccnc3)cc2c1. The Kier molecular flexibility index (Phi) is 4.75. The number of nitrogens with one attached hydrogen (secondary N) is 1. The molecule has 3 aromatic rings. The molecule has 23 heavy (non-hydrogen) atoms. The molecule has 118 valence electrons. The van der Waals surface area contributed by atoms with Gasteiger partial charge in [-0.3, -0.25) is 15.1 Å². The molecule has 0 unspecified atom stereocenters. The lowest BCUT2D eigenvalue weighted by atomic mass is 10.1. The van der Waals surface area contributed by atoms with Gasteiger partial charge in [0.2, 0.25) is 0 Å². The van der Waals surface area contributed by atoms with Crippen LogP contribution in [0.2, 0.25) is 0 Å². The molecule has 0 saturated heterocycles. The van der Waals surface area contributed by atoms with Crippen molar-refractivity contribution in [3.63, 3.8) is 0 Å². The van der Waals surface area contributed by atoms with E-state index in [0.717, 1.165) is 22.2 Å². The van der Waals surface area contributed by atoms with Gasteiger partial charge < -0.3 is 4.74 Å². The van der Waals surface area contributed by atoms with Crippen molar-refractivity contribution >= 4 is 16.7 Å². The van der Waals surface area contributed by atoms with E-state index in [-0.39, 0.29) is 5.78 Å². The maximum Gasteiger partial charge on any atom is 0.151 e. The number of hydrogen-bond donors (Lipinski definition) is 1. The number of fused-ring (bicyclic) bond motifs is 1. The zero-order chi connectivity index (χ0) is 16.1. The second kappa shape index (κ2) is 7.13. The number of carbonyl (C=O) groups excluding carboxylic acids is 1. The lowest BCUT2D eigenvalue weighted by Gasteiger charge is -2.03. The summed E-state index contributed by atoms with van der Waals surface area (Å²) in [5.41, 5.74) is 2.78. The Morgan fingerprint density at radius 1 is 1.35 bits per heavy atom. The molecule has 0 saturated carbocycles. The van der Waals surface area contributed by atoms with Crippen molar-refractivity contribution in [2.24, 2.45) is 0 Å². The Morgan fingerprint density at radius 2 is 2.26 bits per heavy atom. The van der Waals surface area contributed by atoms with Crippen LogP contribution >= 0.6 is 0 Å². The van der Waals surface area contributed by atoms with Gasteiger partial charge in [0.25, 0.3) is 0 Å². The monoisotopic (exact) mass is 310 g/mol. The number of benzene rings is 1. The minimum absolute atomic E-state index is 0.126. The maximum atomic E-state index is 11.9. The Morgan fingerprint density at radius 3 is 3.04 bits per heavy atom. The Balaban J connectivity index is 1.76. The summed E-state index contributed by atoms with van der Waals surface area (Å²) in [6.45, 7) is 0.684. The molecule has 0 aliphatic rings. The average Bonchev–Trinajstić information content (AvgIpc) is 2.99. The van der Waals surface area contributed by atoms with Gasteiger partial charge in [-0.1, -0.05) is 6.07 Å². The van der Waals surface area contributed by atoms with Gasteiger partial charge in [0.15, 0.2) is 5.78 Å². The summed E-state index contributed by atoms with van der Waals surface area (Å²) in [5.74, 6) is 0.126. The number of pyridine rings is 1. The molecular formula is C17H18N4O2. The zero-order valence-corrected chi connectivity index (χ0v) is 12.9. The number of ether oxygens (including phenoxy) is 1. The summed E-state index contributed by atoms with van der Waals surface area (Å²) in [6.07, 6.45) is 5.83. The minimum atomic E-state index is 0.126. The van der Waals surface area contributed by atoms with Gasteiger partial charge in [-0.2, -0.15) is 5.10 Å². The molecule has 0 aliphatic heterocycles. The van der Waals surface area contributed by atoms with E-state index in [2.05, 4.69) is 15.4 Å². The van der Waals surface area contributed by atoms with Gasteiger partial charge in [-0.25, -0.2) is 4.68 Å². The van der Waals surface area contributed by atoms with Crippen LogP contribution in [0.3, 0.4) is 0 Å².